The summed E-state index contributed by atoms with van der Waals surface area (Å²) in [6.45, 7) is 0. The fraction of sp³-hybridized carbons (Fsp3) is 0.200. The number of benzene rings is 1. The molecule has 1 aliphatic rings. The topological polar surface area (TPSA) is 50.2 Å². The molecule has 0 radical (unpaired) electrons. The molecule has 1 aromatic carbocycles. The van der Waals surface area contributed by atoms with Crippen LogP contribution in [0.15, 0.2) is 42.6 Å². The number of rotatable bonds is 2. The number of carboxylic acids is 1. The van der Waals surface area contributed by atoms with Gasteiger partial charge in [0.25, 0.3) is 0 Å². The molecule has 3 heteroatoms. The molecule has 1 unspecified atom stereocenters. The smallest absolute Gasteiger partial charge is 0.307 e. The predicted molar refractivity (Wildman–Crippen MR) is 68.2 cm³/mol. The third kappa shape index (κ3) is 1.88. The number of aliphatic carboxylic acids is 1. The van der Waals surface area contributed by atoms with Crippen LogP contribution in [-0.4, -0.2) is 16.1 Å². The quantitative estimate of drug-likeness (QED) is 0.876. The molecule has 1 aromatic heterocycles. The first-order chi connectivity index (χ1) is 8.74. The number of fused-ring (bicyclic) bond motifs is 1. The van der Waals surface area contributed by atoms with Crippen molar-refractivity contribution in [2.45, 2.75) is 12.8 Å². The summed E-state index contributed by atoms with van der Waals surface area (Å²) >= 11 is 0. The van der Waals surface area contributed by atoms with Gasteiger partial charge in [-0.25, -0.2) is 0 Å². The predicted octanol–water partition coefficient (Wildman–Crippen LogP) is 2.55. The first-order valence-corrected chi connectivity index (χ1v) is 6.00. The molecule has 0 fully saturated rings. The summed E-state index contributed by atoms with van der Waals surface area (Å²) < 4.78 is 0. The monoisotopic (exact) mass is 239 g/mol. The molecule has 0 saturated heterocycles. The lowest BCUT2D eigenvalue weighted by molar-refractivity contribution is -0.141. The van der Waals surface area contributed by atoms with E-state index in [1.54, 1.807) is 0 Å². The molecule has 3 nitrogen and oxygen atoms in total. The van der Waals surface area contributed by atoms with Crippen molar-refractivity contribution in [1.29, 1.82) is 0 Å². The first-order valence-electron chi connectivity index (χ1n) is 6.00. The first kappa shape index (κ1) is 11.0. The van der Waals surface area contributed by atoms with Gasteiger partial charge in [-0.15, -0.1) is 0 Å². The molecule has 90 valence electrons. The second kappa shape index (κ2) is 4.26. The zero-order chi connectivity index (χ0) is 12.5. The summed E-state index contributed by atoms with van der Waals surface area (Å²) in [7, 11) is 0. The van der Waals surface area contributed by atoms with Gasteiger partial charge in [0.15, 0.2) is 0 Å². The summed E-state index contributed by atoms with van der Waals surface area (Å²) in [6.07, 6.45) is 3.04. The Morgan fingerprint density at radius 3 is 2.61 bits per heavy atom. The zero-order valence-electron chi connectivity index (χ0n) is 9.84. The van der Waals surface area contributed by atoms with Crippen molar-refractivity contribution >= 4 is 5.97 Å². The minimum atomic E-state index is -0.715. The number of hydrogen-bond acceptors (Lipinski definition) is 2. The van der Waals surface area contributed by atoms with Crippen molar-refractivity contribution in [1.82, 2.24) is 4.98 Å². The van der Waals surface area contributed by atoms with Crippen LogP contribution in [0.3, 0.4) is 0 Å². The number of aromatic nitrogens is 1. The van der Waals surface area contributed by atoms with Crippen LogP contribution in [0.4, 0.5) is 0 Å². The Kier molecular flexibility index (Phi) is 2.59. The fourth-order valence-electron chi connectivity index (χ4n) is 2.44. The summed E-state index contributed by atoms with van der Waals surface area (Å²) in [5.41, 5.74) is 4.18. The average molecular weight is 239 g/mol. The number of carbonyl (C=O) groups is 1. The fourth-order valence-corrected chi connectivity index (χ4v) is 2.44. The van der Waals surface area contributed by atoms with Gasteiger partial charge in [0.05, 0.1) is 11.6 Å². The van der Waals surface area contributed by atoms with Crippen LogP contribution in [0.25, 0.3) is 11.3 Å². The third-order valence-electron chi connectivity index (χ3n) is 3.43. The lowest BCUT2D eigenvalue weighted by Gasteiger charge is -2.03. The highest BCUT2D eigenvalue weighted by Crippen LogP contribution is 2.29. The second-order valence-electron chi connectivity index (χ2n) is 4.65. The molecule has 0 saturated carbocycles. The molecule has 0 spiro atoms. The number of nitrogens with zero attached hydrogens (tertiary/aromatic N) is 1. The lowest BCUT2D eigenvalue weighted by atomic mass is 10.1. The molecule has 1 heterocycles. The Morgan fingerprint density at radius 1 is 1.17 bits per heavy atom. The van der Waals surface area contributed by atoms with E-state index in [1.165, 1.54) is 0 Å². The Morgan fingerprint density at radius 2 is 1.89 bits per heavy atom. The summed E-state index contributed by atoms with van der Waals surface area (Å²) in [6, 6.07) is 12.0. The summed E-state index contributed by atoms with van der Waals surface area (Å²) in [4.78, 5) is 15.4. The van der Waals surface area contributed by atoms with Gasteiger partial charge in [-0.3, -0.25) is 9.78 Å². The van der Waals surface area contributed by atoms with Crippen molar-refractivity contribution < 1.29 is 9.90 Å². The van der Waals surface area contributed by atoms with E-state index in [2.05, 4.69) is 4.98 Å². The highest BCUT2D eigenvalue weighted by atomic mass is 16.4. The molecule has 0 aliphatic heterocycles. The average Bonchev–Trinajstić information content (AvgIpc) is 2.82. The molecule has 3 rings (SSSR count). The van der Waals surface area contributed by atoms with Crippen LogP contribution in [0.2, 0.25) is 0 Å². The van der Waals surface area contributed by atoms with Crippen LogP contribution in [0.1, 0.15) is 11.1 Å². The van der Waals surface area contributed by atoms with E-state index in [9.17, 15) is 4.79 Å². The van der Waals surface area contributed by atoms with Crippen molar-refractivity contribution in [2.24, 2.45) is 5.92 Å². The second-order valence-corrected chi connectivity index (χ2v) is 4.65. The standard InChI is InChI=1S/C15H13NO2/c17-15(18)12-6-11-8-14(16-9-13(11)7-12)10-4-2-1-3-5-10/h1-5,8-9,12H,6-7H2,(H,17,18). The van der Waals surface area contributed by atoms with E-state index in [0.717, 1.165) is 22.4 Å². The molecule has 1 atom stereocenters. The van der Waals surface area contributed by atoms with Gasteiger partial charge in [-0.2, -0.15) is 0 Å². The zero-order valence-corrected chi connectivity index (χ0v) is 9.84. The van der Waals surface area contributed by atoms with Crippen LogP contribution in [0.5, 0.6) is 0 Å². The van der Waals surface area contributed by atoms with Crippen LogP contribution in [-0.2, 0) is 17.6 Å². The van der Waals surface area contributed by atoms with Gasteiger partial charge in [-0.1, -0.05) is 30.3 Å². The Balaban J connectivity index is 1.95. The van der Waals surface area contributed by atoms with Gasteiger partial charge in [0, 0.05) is 11.8 Å². The molecule has 2 aromatic rings. The van der Waals surface area contributed by atoms with Gasteiger partial charge in [-0.05, 0) is 30.0 Å². The van der Waals surface area contributed by atoms with Crippen molar-refractivity contribution in [2.75, 3.05) is 0 Å². The SMILES string of the molecule is O=C(O)C1Cc2cnc(-c3ccccc3)cc2C1. The van der Waals surface area contributed by atoms with Crippen molar-refractivity contribution in [3.63, 3.8) is 0 Å². The minimum Gasteiger partial charge on any atom is -0.481 e. The van der Waals surface area contributed by atoms with E-state index in [-0.39, 0.29) is 5.92 Å². The maximum absolute atomic E-state index is 11.0. The largest absolute Gasteiger partial charge is 0.481 e. The maximum Gasteiger partial charge on any atom is 0.307 e. The van der Waals surface area contributed by atoms with E-state index < -0.39 is 5.97 Å². The number of carboxylic acid groups (broad SMARTS) is 1. The van der Waals surface area contributed by atoms with Crippen LogP contribution >= 0.6 is 0 Å². The highest BCUT2D eigenvalue weighted by Gasteiger charge is 2.27. The van der Waals surface area contributed by atoms with Gasteiger partial charge < -0.3 is 5.11 Å². The molecule has 18 heavy (non-hydrogen) atoms. The normalized spacial score (nSPS) is 17.4. The number of pyridine rings is 1. The molecular weight excluding hydrogens is 226 g/mol. The Bertz CT molecular complexity index is 593. The van der Waals surface area contributed by atoms with E-state index in [4.69, 9.17) is 5.11 Å². The van der Waals surface area contributed by atoms with E-state index in [1.807, 2.05) is 42.6 Å². The molecule has 0 bridgehead atoms. The van der Waals surface area contributed by atoms with E-state index in [0.29, 0.717) is 12.8 Å². The van der Waals surface area contributed by atoms with Gasteiger partial charge in [0.2, 0.25) is 0 Å². The molecule has 1 aliphatic carbocycles. The lowest BCUT2D eigenvalue weighted by Crippen LogP contribution is -2.12. The van der Waals surface area contributed by atoms with E-state index >= 15 is 0 Å². The Hall–Kier alpha value is -2.16. The van der Waals surface area contributed by atoms with Crippen molar-refractivity contribution in [3.05, 3.63) is 53.7 Å². The van der Waals surface area contributed by atoms with Gasteiger partial charge in [0.1, 0.15) is 0 Å². The van der Waals surface area contributed by atoms with Crippen LogP contribution < -0.4 is 0 Å². The Labute approximate surface area is 105 Å². The minimum absolute atomic E-state index is 0.284. The summed E-state index contributed by atoms with van der Waals surface area (Å²) in [5.74, 6) is -1.000. The third-order valence-corrected chi connectivity index (χ3v) is 3.43. The molecular formula is C15H13NO2. The summed E-state index contributed by atoms with van der Waals surface area (Å²) in [5, 5.41) is 9.05. The highest BCUT2D eigenvalue weighted by molar-refractivity contribution is 5.72. The molecule has 1 N–H and O–H groups in total. The maximum atomic E-state index is 11.0. The molecule has 0 amide bonds. The van der Waals surface area contributed by atoms with Gasteiger partial charge >= 0.3 is 5.97 Å². The van der Waals surface area contributed by atoms with Crippen LogP contribution in [0, 0.1) is 5.92 Å². The number of hydrogen-bond donors (Lipinski definition) is 1. The van der Waals surface area contributed by atoms with Crippen molar-refractivity contribution in [3.8, 4) is 11.3 Å².